The van der Waals surface area contributed by atoms with E-state index in [0.717, 1.165) is 0 Å². The van der Waals surface area contributed by atoms with Crippen LogP contribution in [0.4, 0.5) is 5.13 Å². The molecule has 8 nitrogen and oxygen atoms in total. The van der Waals surface area contributed by atoms with E-state index in [1.165, 1.54) is 18.4 Å². The molecule has 0 aliphatic heterocycles. The van der Waals surface area contributed by atoms with Crippen molar-refractivity contribution in [2.45, 2.75) is 0 Å². The third kappa shape index (κ3) is 3.10. The monoisotopic (exact) mass is 343 g/mol. The number of pyridine rings is 1. The van der Waals surface area contributed by atoms with E-state index in [-0.39, 0.29) is 11.8 Å². The first-order valence-electron chi connectivity index (χ1n) is 6.83. The van der Waals surface area contributed by atoms with Crippen LogP contribution in [-0.2, 0) is 0 Å². The molecule has 0 aromatic carbocycles. The van der Waals surface area contributed by atoms with Crippen LogP contribution >= 0.6 is 11.3 Å². The summed E-state index contributed by atoms with van der Waals surface area (Å²) in [5, 5.41) is 4.89. The first-order chi connectivity index (χ1) is 11.6. The maximum atomic E-state index is 12.3. The lowest BCUT2D eigenvalue weighted by Gasteiger charge is -2.05. The Kier molecular flexibility index (Phi) is 4.25. The second-order valence-corrected chi connectivity index (χ2v) is 5.58. The predicted molar refractivity (Wildman–Crippen MR) is 89.2 cm³/mol. The van der Waals surface area contributed by atoms with Crippen molar-refractivity contribution >= 4 is 28.3 Å². The van der Waals surface area contributed by atoms with Crippen molar-refractivity contribution in [3.05, 3.63) is 47.2 Å². The fraction of sp³-hybridized carbons (Fsp3) is 0.0667. The first-order valence-corrected chi connectivity index (χ1v) is 7.71. The van der Waals surface area contributed by atoms with E-state index < -0.39 is 5.91 Å². The van der Waals surface area contributed by atoms with Crippen LogP contribution in [0.2, 0.25) is 0 Å². The zero-order valence-electron chi connectivity index (χ0n) is 12.6. The molecular formula is C15H13N5O3S. The molecule has 0 aliphatic rings. The number of aromatic amines is 1. The number of nitrogens with two attached hydrogens (primary N) is 1. The maximum Gasteiger partial charge on any atom is 0.265 e. The minimum Gasteiger partial charge on any atom is -0.480 e. The molecule has 0 atom stereocenters. The van der Waals surface area contributed by atoms with Crippen molar-refractivity contribution in [3.63, 3.8) is 0 Å². The number of H-pyrrole nitrogens is 1. The average molecular weight is 343 g/mol. The normalized spacial score (nSPS) is 10.4. The molecule has 9 heteroatoms. The number of hydrogen-bond acceptors (Lipinski definition) is 6. The Labute approximate surface area is 140 Å². The SMILES string of the molecule is COc1ncccc1C(=O)Nc1nc(-c2c[nH]c(C(N)=O)c2)cs1. The molecule has 0 unspecified atom stereocenters. The number of rotatable bonds is 5. The summed E-state index contributed by atoms with van der Waals surface area (Å²) in [6, 6.07) is 4.87. The van der Waals surface area contributed by atoms with Gasteiger partial charge in [0, 0.05) is 23.3 Å². The van der Waals surface area contributed by atoms with Gasteiger partial charge in [-0.15, -0.1) is 11.3 Å². The van der Waals surface area contributed by atoms with Gasteiger partial charge >= 0.3 is 0 Å². The maximum absolute atomic E-state index is 12.3. The van der Waals surface area contributed by atoms with Gasteiger partial charge in [-0.2, -0.15) is 0 Å². The van der Waals surface area contributed by atoms with Gasteiger partial charge in [-0.1, -0.05) is 0 Å². The summed E-state index contributed by atoms with van der Waals surface area (Å²) in [4.78, 5) is 34.5. The number of amides is 2. The molecule has 0 radical (unpaired) electrons. The third-order valence-electron chi connectivity index (χ3n) is 3.18. The molecule has 0 saturated carbocycles. The molecule has 0 bridgehead atoms. The van der Waals surface area contributed by atoms with Gasteiger partial charge in [0.1, 0.15) is 11.3 Å². The number of anilines is 1. The van der Waals surface area contributed by atoms with Crippen LogP contribution in [0, 0.1) is 0 Å². The number of nitrogens with one attached hydrogen (secondary N) is 2. The zero-order chi connectivity index (χ0) is 17.1. The Bertz CT molecular complexity index is 902. The smallest absolute Gasteiger partial charge is 0.265 e. The van der Waals surface area contributed by atoms with E-state index in [2.05, 4.69) is 20.3 Å². The summed E-state index contributed by atoms with van der Waals surface area (Å²) < 4.78 is 5.07. The van der Waals surface area contributed by atoms with Crippen LogP contribution in [0.15, 0.2) is 36.0 Å². The molecule has 0 spiro atoms. The molecule has 0 fully saturated rings. The van der Waals surface area contributed by atoms with E-state index >= 15 is 0 Å². The van der Waals surface area contributed by atoms with Crippen molar-refractivity contribution in [2.24, 2.45) is 5.73 Å². The number of carbonyl (C=O) groups is 2. The van der Waals surface area contributed by atoms with Gasteiger partial charge in [0.15, 0.2) is 5.13 Å². The largest absolute Gasteiger partial charge is 0.480 e. The highest BCUT2D eigenvalue weighted by atomic mass is 32.1. The van der Waals surface area contributed by atoms with Crippen LogP contribution in [-0.4, -0.2) is 33.9 Å². The summed E-state index contributed by atoms with van der Waals surface area (Å²) in [5.74, 6) is -0.676. The highest BCUT2D eigenvalue weighted by Gasteiger charge is 2.15. The van der Waals surface area contributed by atoms with Gasteiger partial charge < -0.3 is 15.5 Å². The van der Waals surface area contributed by atoms with Gasteiger partial charge in [-0.25, -0.2) is 9.97 Å². The number of aromatic nitrogens is 3. The number of carbonyl (C=O) groups excluding carboxylic acids is 2. The molecule has 3 heterocycles. The summed E-state index contributed by atoms with van der Waals surface area (Å²) in [7, 11) is 1.45. The van der Waals surface area contributed by atoms with Gasteiger partial charge in [0.2, 0.25) is 5.88 Å². The Morgan fingerprint density at radius 3 is 2.96 bits per heavy atom. The number of hydrogen-bond donors (Lipinski definition) is 3. The lowest BCUT2D eigenvalue weighted by atomic mass is 10.2. The summed E-state index contributed by atoms with van der Waals surface area (Å²) >= 11 is 1.26. The molecule has 0 aliphatic carbocycles. The van der Waals surface area contributed by atoms with Crippen molar-refractivity contribution in [3.8, 4) is 17.1 Å². The quantitative estimate of drug-likeness (QED) is 0.653. The number of methoxy groups -OCH3 is 1. The Morgan fingerprint density at radius 2 is 2.25 bits per heavy atom. The van der Waals surface area contributed by atoms with E-state index in [1.807, 2.05) is 0 Å². The molecule has 122 valence electrons. The second-order valence-electron chi connectivity index (χ2n) is 4.72. The molecule has 3 aromatic heterocycles. The number of primary amides is 1. The highest BCUT2D eigenvalue weighted by molar-refractivity contribution is 7.14. The van der Waals surface area contributed by atoms with E-state index in [4.69, 9.17) is 10.5 Å². The van der Waals surface area contributed by atoms with Crippen LogP contribution in [0.25, 0.3) is 11.3 Å². The van der Waals surface area contributed by atoms with Crippen LogP contribution in [0.1, 0.15) is 20.8 Å². The number of ether oxygens (including phenoxy) is 1. The van der Waals surface area contributed by atoms with Crippen LogP contribution in [0.5, 0.6) is 5.88 Å². The van der Waals surface area contributed by atoms with Crippen molar-refractivity contribution in [1.29, 1.82) is 0 Å². The Hall–Kier alpha value is -3.20. The minimum atomic E-state index is -0.548. The van der Waals surface area contributed by atoms with Gasteiger partial charge in [0.05, 0.1) is 12.8 Å². The van der Waals surface area contributed by atoms with Crippen LogP contribution < -0.4 is 15.8 Å². The van der Waals surface area contributed by atoms with Gasteiger partial charge in [0.25, 0.3) is 11.8 Å². The standard InChI is InChI=1S/C15H13N5O3S/c1-23-14-9(3-2-4-17-14)13(22)20-15-19-11(7-24-15)8-5-10(12(16)21)18-6-8/h2-7,18H,1H3,(H2,16,21)(H,19,20,22). The van der Waals surface area contributed by atoms with Gasteiger partial charge in [-0.3, -0.25) is 14.9 Å². The first kappa shape index (κ1) is 15.7. The van der Waals surface area contributed by atoms with Gasteiger partial charge in [-0.05, 0) is 18.2 Å². The van der Waals surface area contributed by atoms with Crippen molar-refractivity contribution in [1.82, 2.24) is 15.0 Å². The molecule has 2 amide bonds. The second kappa shape index (κ2) is 6.50. The van der Waals surface area contributed by atoms with Crippen molar-refractivity contribution in [2.75, 3.05) is 12.4 Å². The molecule has 3 rings (SSSR count). The summed E-state index contributed by atoms with van der Waals surface area (Å²) in [6.07, 6.45) is 3.17. The fourth-order valence-electron chi connectivity index (χ4n) is 2.04. The minimum absolute atomic E-state index is 0.239. The van der Waals surface area contributed by atoms with Crippen LogP contribution in [0.3, 0.4) is 0 Å². The molecule has 0 saturated heterocycles. The van der Waals surface area contributed by atoms with E-state index in [1.54, 1.807) is 36.0 Å². The number of nitrogens with zero attached hydrogens (tertiary/aromatic N) is 2. The predicted octanol–water partition coefficient (Wildman–Crippen LogP) is 1.89. The van der Waals surface area contributed by atoms with E-state index in [0.29, 0.717) is 27.6 Å². The third-order valence-corrected chi connectivity index (χ3v) is 3.94. The Morgan fingerprint density at radius 1 is 1.42 bits per heavy atom. The average Bonchev–Trinajstić information content (AvgIpc) is 3.23. The molecule has 24 heavy (non-hydrogen) atoms. The summed E-state index contributed by atoms with van der Waals surface area (Å²) in [5.41, 5.74) is 7.14. The topological polar surface area (TPSA) is 123 Å². The lowest BCUT2D eigenvalue weighted by molar-refractivity contribution is 0.0993. The lowest BCUT2D eigenvalue weighted by Crippen LogP contribution is -2.13. The molecule has 4 N–H and O–H groups in total. The molecular weight excluding hydrogens is 330 g/mol. The van der Waals surface area contributed by atoms with E-state index in [9.17, 15) is 9.59 Å². The highest BCUT2D eigenvalue weighted by Crippen LogP contribution is 2.26. The Balaban J connectivity index is 1.78. The zero-order valence-corrected chi connectivity index (χ0v) is 13.4. The number of thiazole rings is 1. The molecule has 3 aromatic rings. The summed E-state index contributed by atoms with van der Waals surface area (Å²) in [6.45, 7) is 0. The van der Waals surface area contributed by atoms with Crippen molar-refractivity contribution < 1.29 is 14.3 Å². The fourth-order valence-corrected chi connectivity index (χ4v) is 2.75.